The van der Waals surface area contributed by atoms with Crippen LogP contribution < -0.4 is 10.1 Å². The van der Waals surface area contributed by atoms with Crippen LogP contribution in [0.4, 0.5) is 11.6 Å². The van der Waals surface area contributed by atoms with Crippen molar-refractivity contribution in [1.29, 1.82) is 0 Å². The van der Waals surface area contributed by atoms with Crippen LogP contribution >= 0.6 is 0 Å². The number of carbonyl (C=O) groups excluding carboxylic acids is 1. The maximum atomic E-state index is 12.3. The molecule has 1 heterocycles. The monoisotopic (exact) mass is 314 g/mol. The molecule has 1 aromatic heterocycles. The molecule has 122 valence electrons. The van der Waals surface area contributed by atoms with Gasteiger partial charge in [-0.1, -0.05) is 19.4 Å². The Hall–Kier alpha value is -2.63. The van der Waals surface area contributed by atoms with E-state index in [4.69, 9.17) is 4.74 Å². The van der Waals surface area contributed by atoms with E-state index in [2.05, 4.69) is 22.2 Å². The molecule has 0 radical (unpaired) electrons. The van der Waals surface area contributed by atoms with E-state index in [1.165, 1.54) is 0 Å². The normalized spacial score (nSPS) is 10.2. The standard InChI is InChI=1S/C17H22N4O2/c1-4-5-11-21(2)16(22)15-9-10-18-17(20-15)19-13-7-6-8-14(12-13)23-3/h6-10,12H,4-5,11H2,1-3H3,(H,18,19,20). The van der Waals surface area contributed by atoms with Crippen LogP contribution in [0, 0.1) is 0 Å². The number of amides is 1. The number of aromatic nitrogens is 2. The molecule has 0 fully saturated rings. The van der Waals surface area contributed by atoms with Crippen LogP contribution in [0.5, 0.6) is 5.75 Å². The van der Waals surface area contributed by atoms with Gasteiger partial charge in [-0.2, -0.15) is 0 Å². The van der Waals surface area contributed by atoms with E-state index in [9.17, 15) is 4.79 Å². The zero-order chi connectivity index (χ0) is 16.7. The number of nitrogens with one attached hydrogen (secondary N) is 1. The summed E-state index contributed by atoms with van der Waals surface area (Å²) in [6.45, 7) is 2.82. The highest BCUT2D eigenvalue weighted by molar-refractivity contribution is 5.92. The van der Waals surface area contributed by atoms with Crippen LogP contribution in [0.1, 0.15) is 30.3 Å². The topological polar surface area (TPSA) is 67.4 Å². The van der Waals surface area contributed by atoms with E-state index in [1.54, 1.807) is 31.3 Å². The van der Waals surface area contributed by atoms with Gasteiger partial charge in [0.2, 0.25) is 5.95 Å². The first-order chi connectivity index (χ1) is 11.1. The number of unbranched alkanes of at least 4 members (excludes halogenated alkanes) is 1. The third kappa shape index (κ3) is 4.67. The summed E-state index contributed by atoms with van der Waals surface area (Å²) in [4.78, 5) is 22.5. The van der Waals surface area contributed by atoms with Gasteiger partial charge in [-0.15, -0.1) is 0 Å². The number of carbonyl (C=O) groups is 1. The predicted molar refractivity (Wildman–Crippen MR) is 90.2 cm³/mol. The Bertz CT molecular complexity index is 661. The molecule has 2 rings (SSSR count). The first kappa shape index (κ1) is 16.7. The minimum atomic E-state index is -0.102. The molecule has 6 heteroatoms. The Kier molecular flexibility index (Phi) is 5.91. The third-order valence-corrected chi connectivity index (χ3v) is 3.39. The lowest BCUT2D eigenvalue weighted by Gasteiger charge is -2.16. The van der Waals surface area contributed by atoms with E-state index in [1.807, 2.05) is 24.3 Å². The van der Waals surface area contributed by atoms with Crippen LogP contribution in [0.3, 0.4) is 0 Å². The van der Waals surface area contributed by atoms with Gasteiger partial charge in [-0.25, -0.2) is 9.97 Å². The van der Waals surface area contributed by atoms with Crippen LogP contribution in [0.2, 0.25) is 0 Å². The minimum Gasteiger partial charge on any atom is -0.497 e. The highest BCUT2D eigenvalue weighted by Crippen LogP contribution is 2.19. The number of nitrogens with zero attached hydrogens (tertiary/aromatic N) is 3. The molecular formula is C17H22N4O2. The van der Waals surface area contributed by atoms with Gasteiger partial charge in [-0.3, -0.25) is 4.79 Å². The Morgan fingerprint density at radius 1 is 1.35 bits per heavy atom. The fourth-order valence-electron chi connectivity index (χ4n) is 2.06. The SMILES string of the molecule is CCCCN(C)C(=O)c1ccnc(Nc2cccc(OC)c2)n1. The number of benzene rings is 1. The maximum Gasteiger partial charge on any atom is 0.272 e. The molecule has 0 unspecified atom stereocenters. The molecule has 23 heavy (non-hydrogen) atoms. The lowest BCUT2D eigenvalue weighted by molar-refractivity contribution is 0.0787. The van der Waals surface area contributed by atoms with Gasteiger partial charge >= 0.3 is 0 Å². The van der Waals surface area contributed by atoms with Crippen molar-refractivity contribution in [3.63, 3.8) is 0 Å². The van der Waals surface area contributed by atoms with Gasteiger partial charge in [0.15, 0.2) is 0 Å². The van der Waals surface area contributed by atoms with E-state index < -0.39 is 0 Å². The fourth-order valence-corrected chi connectivity index (χ4v) is 2.06. The number of rotatable bonds is 7. The van der Waals surface area contributed by atoms with Crippen molar-refractivity contribution in [3.8, 4) is 5.75 Å². The Labute approximate surface area is 136 Å². The quantitative estimate of drug-likeness (QED) is 0.850. The fraction of sp³-hybridized carbons (Fsp3) is 0.353. The Morgan fingerprint density at radius 3 is 2.91 bits per heavy atom. The van der Waals surface area contributed by atoms with Crippen molar-refractivity contribution in [3.05, 3.63) is 42.2 Å². The summed E-state index contributed by atoms with van der Waals surface area (Å²) in [7, 11) is 3.40. The average Bonchev–Trinajstić information content (AvgIpc) is 2.59. The van der Waals surface area contributed by atoms with Gasteiger partial charge in [0.05, 0.1) is 7.11 Å². The molecule has 1 amide bonds. The molecule has 0 aliphatic heterocycles. The number of anilines is 2. The number of methoxy groups -OCH3 is 1. The Balaban J connectivity index is 2.11. The maximum absolute atomic E-state index is 12.3. The molecule has 0 atom stereocenters. The van der Waals surface area contributed by atoms with Crippen molar-refractivity contribution < 1.29 is 9.53 Å². The zero-order valence-electron chi connectivity index (χ0n) is 13.7. The number of ether oxygens (including phenoxy) is 1. The van der Waals surface area contributed by atoms with E-state index >= 15 is 0 Å². The predicted octanol–water partition coefficient (Wildman–Crippen LogP) is 3.10. The summed E-state index contributed by atoms with van der Waals surface area (Å²) in [5, 5.41) is 3.08. The zero-order valence-corrected chi connectivity index (χ0v) is 13.7. The molecule has 1 aromatic carbocycles. The lowest BCUT2D eigenvalue weighted by Crippen LogP contribution is -2.28. The van der Waals surface area contributed by atoms with Crippen LogP contribution in [-0.2, 0) is 0 Å². The first-order valence-corrected chi connectivity index (χ1v) is 7.63. The van der Waals surface area contributed by atoms with E-state index in [0.717, 1.165) is 30.8 Å². The third-order valence-electron chi connectivity index (χ3n) is 3.39. The molecule has 0 aliphatic carbocycles. The molecule has 1 N–H and O–H groups in total. The van der Waals surface area contributed by atoms with Crippen LogP contribution in [0.15, 0.2) is 36.5 Å². The second-order valence-electron chi connectivity index (χ2n) is 5.20. The summed E-state index contributed by atoms with van der Waals surface area (Å²) < 4.78 is 5.18. The summed E-state index contributed by atoms with van der Waals surface area (Å²) in [5.74, 6) is 1.02. The van der Waals surface area contributed by atoms with Crippen molar-refractivity contribution in [2.45, 2.75) is 19.8 Å². The van der Waals surface area contributed by atoms with Gasteiger partial charge in [0.25, 0.3) is 5.91 Å². The molecule has 0 saturated heterocycles. The summed E-state index contributed by atoms with van der Waals surface area (Å²) in [6, 6.07) is 9.07. The second kappa shape index (κ2) is 8.12. The van der Waals surface area contributed by atoms with E-state index in [-0.39, 0.29) is 5.91 Å². The average molecular weight is 314 g/mol. The van der Waals surface area contributed by atoms with Gasteiger partial charge in [0, 0.05) is 31.5 Å². The Morgan fingerprint density at radius 2 is 2.17 bits per heavy atom. The van der Waals surface area contributed by atoms with Crippen molar-refractivity contribution >= 4 is 17.5 Å². The smallest absolute Gasteiger partial charge is 0.272 e. The van der Waals surface area contributed by atoms with Gasteiger partial charge in [-0.05, 0) is 24.6 Å². The molecule has 0 saturated carbocycles. The molecule has 0 spiro atoms. The molecule has 0 aliphatic rings. The highest BCUT2D eigenvalue weighted by Gasteiger charge is 2.13. The molecule has 0 bridgehead atoms. The van der Waals surface area contributed by atoms with Crippen molar-refractivity contribution in [2.75, 3.05) is 26.0 Å². The lowest BCUT2D eigenvalue weighted by atomic mass is 10.3. The van der Waals surface area contributed by atoms with Gasteiger partial charge < -0.3 is 15.0 Å². The molecule has 6 nitrogen and oxygen atoms in total. The summed E-state index contributed by atoms with van der Waals surface area (Å²) in [5.41, 5.74) is 1.18. The van der Waals surface area contributed by atoms with Crippen LogP contribution in [0.25, 0.3) is 0 Å². The van der Waals surface area contributed by atoms with E-state index in [0.29, 0.717) is 11.6 Å². The molecular weight excluding hydrogens is 292 g/mol. The highest BCUT2D eigenvalue weighted by atomic mass is 16.5. The van der Waals surface area contributed by atoms with Crippen molar-refractivity contribution in [2.24, 2.45) is 0 Å². The van der Waals surface area contributed by atoms with Crippen LogP contribution in [-0.4, -0.2) is 41.5 Å². The summed E-state index contributed by atoms with van der Waals surface area (Å²) >= 11 is 0. The van der Waals surface area contributed by atoms with Crippen molar-refractivity contribution in [1.82, 2.24) is 14.9 Å². The number of hydrogen-bond donors (Lipinski definition) is 1. The largest absolute Gasteiger partial charge is 0.497 e. The summed E-state index contributed by atoms with van der Waals surface area (Å²) in [6.07, 6.45) is 3.60. The first-order valence-electron chi connectivity index (χ1n) is 7.63. The second-order valence-corrected chi connectivity index (χ2v) is 5.20. The number of hydrogen-bond acceptors (Lipinski definition) is 5. The molecule has 2 aromatic rings. The van der Waals surface area contributed by atoms with Gasteiger partial charge in [0.1, 0.15) is 11.4 Å². The minimum absolute atomic E-state index is 0.102.